The maximum Gasteiger partial charge on any atom is 0.209 e. The summed E-state index contributed by atoms with van der Waals surface area (Å²) < 4.78 is 0.516. The van der Waals surface area contributed by atoms with Crippen molar-refractivity contribution in [3.05, 3.63) is 40.4 Å². The molecule has 1 saturated heterocycles. The van der Waals surface area contributed by atoms with E-state index in [1.807, 2.05) is 0 Å². The predicted octanol–water partition coefficient (Wildman–Crippen LogP) is 3.92. The van der Waals surface area contributed by atoms with Crippen molar-refractivity contribution in [2.45, 2.75) is 25.3 Å². The Balaban J connectivity index is 1.91. The number of nitrogens with zero attached hydrogens (tertiary/aromatic N) is 3. The molecule has 1 aliphatic heterocycles. The Kier molecular flexibility index (Phi) is 3.48. The first-order chi connectivity index (χ1) is 8.84. The molecule has 0 bridgehead atoms. The van der Waals surface area contributed by atoms with Gasteiger partial charge in [-0.05, 0) is 36.4 Å². The summed E-state index contributed by atoms with van der Waals surface area (Å²) in [6.45, 7) is 1.03. The number of halogens is 1. The van der Waals surface area contributed by atoms with Gasteiger partial charge < -0.3 is 4.90 Å². The van der Waals surface area contributed by atoms with Crippen LogP contribution in [0.5, 0.6) is 0 Å². The zero-order chi connectivity index (χ0) is 12.4. The van der Waals surface area contributed by atoms with Gasteiger partial charge in [0.15, 0.2) is 0 Å². The lowest BCUT2D eigenvalue weighted by atomic mass is 9.96. The van der Waals surface area contributed by atoms with E-state index in [1.165, 1.54) is 36.2 Å². The average Bonchev–Trinajstić information content (AvgIpc) is 2.86. The average molecular weight is 280 g/mol. The number of hydrogen-bond donors (Lipinski definition) is 0. The van der Waals surface area contributed by atoms with Gasteiger partial charge in [-0.15, -0.1) is 10.2 Å². The molecule has 1 fully saturated rings. The Labute approximate surface area is 115 Å². The first-order valence-corrected chi connectivity index (χ1v) is 7.34. The minimum absolute atomic E-state index is 0.406. The van der Waals surface area contributed by atoms with Gasteiger partial charge in [-0.25, -0.2) is 0 Å². The number of aromatic nitrogens is 2. The van der Waals surface area contributed by atoms with Crippen molar-refractivity contribution in [2.75, 3.05) is 11.4 Å². The Bertz CT molecular complexity index is 514. The van der Waals surface area contributed by atoms with E-state index in [1.54, 1.807) is 0 Å². The van der Waals surface area contributed by atoms with E-state index < -0.39 is 0 Å². The van der Waals surface area contributed by atoms with Crippen LogP contribution in [0.2, 0.25) is 4.47 Å². The minimum Gasteiger partial charge on any atom is -0.340 e. The second kappa shape index (κ2) is 5.24. The van der Waals surface area contributed by atoms with Crippen LogP contribution in [0, 0.1) is 0 Å². The first-order valence-electron chi connectivity index (χ1n) is 6.15. The molecule has 2 aromatic rings. The summed E-state index contributed by atoms with van der Waals surface area (Å²) >= 11 is 7.35. The van der Waals surface area contributed by atoms with Gasteiger partial charge in [-0.1, -0.05) is 41.7 Å². The molecule has 1 aromatic carbocycles. The van der Waals surface area contributed by atoms with Gasteiger partial charge in [0.1, 0.15) is 0 Å². The van der Waals surface area contributed by atoms with E-state index in [9.17, 15) is 0 Å². The molecule has 0 N–H and O–H groups in total. The fourth-order valence-electron chi connectivity index (χ4n) is 2.50. The van der Waals surface area contributed by atoms with Gasteiger partial charge in [0.25, 0.3) is 0 Å². The number of rotatable bonds is 2. The molecule has 3 nitrogen and oxygen atoms in total. The van der Waals surface area contributed by atoms with Crippen molar-refractivity contribution in [3.63, 3.8) is 0 Å². The molecule has 0 aliphatic carbocycles. The van der Waals surface area contributed by atoms with Gasteiger partial charge in [-0.2, -0.15) is 0 Å². The van der Waals surface area contributed by atoms with Crippen LogP contribution in [0.3, 0.4) is 0 Å². The summed E-state index contributed by atoms with van der Waals surface area (Å²) in [7, 11) is 0. The molecule has 5 heteroatoms. The van der Waals surface area contributed by atoms with Gasteiger partial charge >= 0.3 is 0 Å². The van der Waals surface area contributed by atoms with Crippen LogP contribution in [0.15, 0.2) is 30.3 Å². The number of piperidine rings is 1. The lowest BCUT2D eigenvalue weighted by Crippen LogP contribution is -2.33. The van der Waals surface area contributed by atoms with E-state index in [-0.39, 0.29) is 0 Å². The van der Waals surface area contributed by atoms with Crippen LogP contribution in [-0.4, -0.2) is 16.7 Å². The van der Waals surface area contributed by atoms with Gasteiger partial charge in [-0.3, -0.25) is 0 Å². The third-order valence-electron chi connectivity index (χ3n) is 3.32. The zero-order valence-electron chi connectivity index (χ0n) is 9.92. The second-order valence-corrected chi connectivity index (χ2v) is 5.99. The summed E-state index contributed by atoms with van der Waals surface area (Å²) in [6, 6.07) is 11.0. The molecule has 0 radical (unpaired) electrons. The van der Waals surface area contributed by atoms with E-state index >= 15 is 0 Å². The number of benzene rings is 1. The topological polar surface area (TPSA) is 29.0 Å². The maximum atomic E-state index is 5.89. The van der Waals surface area contributed by atoms with Crippen molar-refractivity contribution >= 4 is 28.1 Å². The highest BCUT2D eigenvalue weighted by molar-refractivity contribution is 7.19. The van der Waals surface area contributed by atoms with E-state index in [4.69, 9.17) is 11.6 Å². The van der Waals surface area contributed by atoms with Crippen LogP contribution in [-0.2, 0) is 0 Å². The van der Waals surface area contributed by atoms with Gasteiger partial charge in [0, 0.05) is 6.54 Å². The lowest BCUT2D eigenvalue weighted by molar-refractivity contribution is 0.471. The summed E-state index contributed by atoms with van der Waals surface area (Å²) in [5.74, 6) is 0. The summed E-state index contributed by atoms with van der Waals surface area (Å²) in [4.78, 5) is 2.34. The molecular formula is C13H14ClN3S. The van der Waals surface area contributed by atoms with Crippen molar-refractivity contribution in [1.82, 2.24) is 10.2 Å². The summed E-state index contributed by atoms with van der Waals surface area (Å²) in [6.07, 6.45) is 3.64. The smallest absolute Gasteiger partial charge is 0.209 e. The van der Waals surface area contributed by atoms with E-state index in [2.05, 4.69) is 45.4 Å². The summed E-state index contributed by atoms with van der Waals surface area (Å²) in [5, 5.41) is 9.03. The maximum absolute atomic E-state index is 5.89. The highest BCUT2D eigenvalue weighted by Crippen LogP contribution is 2.36. The monoisotopic (exact) mass is 279 g/mol. The van der Waals surface area contributed by atoms with Gasteiger partial charge in [0.05, 0.1) is 6.04 Å². The van der Waals surface area contributed by atoms with Crippen LogP contribution in [0.25, 0.3) is 0 Å². The molecule has 3 rings (SSSR count). The van der Waals surface area contributed by atoms with Crippen molar-refractivity contribution in [3.8, 4) is 0 Å². The fraction of sp³-hybridized carbons (Fsp3) is 0.385. The molecule has 0 unspecified atom stereocenters. The minimum atomic E-state index is 0.406. The van der Waals surface area contributed by atoms with Crippen molar-refractivity contribution < 1.29 is 0 Å². The Morgan fingerprint density at radius 2 is 2.00 bits per heavy atom. The van der Waals surface area contributed by atoms with Crippen LogP contribution in [0.4, 0.5) is 5.13 Å². The van der Waals surface area contributed by atoms with Crippen LogP contribution < -0.4 is 4.90 Å². The standard InChI is InChI=1S/C13H14ClN3S/c14-12-15-16-13(18-12)17-9-5-4-8-11(17)10-6-2-1-3-7-10/h1-3,6-7,11H,4-5,8-9H2/t11-/m0/s1. The molecule has 0 spiro atoms. The summed E-state index contributed by atoms with van der Waals surface area (Å²) in [5.41, 5.74) is 1.35. The molecule has 1 atom stereocenters. The molecule has 0 amide bonds. The Morgan fingerprint density at radius 1 is 1.17 bits per heavy atom. The lowest BCUT2D eigenvalue weighted by Gasteiger charge is -2.35. The zero-order valence-corrected chi connectivity index (χ0v) is 11.5. The molecule has 94 valence electrons. The molecule has 1 aliphatic rings. The second-order valence-electron chi connectivity index (χ2n) is 4.45. The Hall–Kier alpha value is -1.13. The third-order valence-corrected chi connectivity index (χ3v) is 4.38. The number of anilines is 1. The van der Waals surface area contributed by atoms with Gasteiger partial charge in [0.2, 0.25) is 9.60 Å². The third kappa shape index (κ3) is 2.35. The first kappa shape index (κ1) is 11.9. The fourth-order valence-corrected chi connectivity index (χ4v) is 3.39. The SMILES string of the molecule is Clc1nnc(N2CCCC[C@H]2c2ccccc2)s1. The normalized spacial score (nSPS) is 20.1. The quantitative estimate of drug-likeness (QED) is 0.834. The predicted molar refractivity (Wildman–Crippen MR) is 75.3 cm³/mol. The molecule has 1 aromatic heterocycles. The van der Waals surface area contributed by atoms with Crippen molar-refractivity contribution in [2.24, 2.45) is 0 Å². The molecule has 2 heterocycles. The van der Waals surface area contributed by atoms with E-state index in [0.29, 0.717) is 10.5 Å². The highest BCUT2D eigenvalue weighted by Gasteiger charge is 2.26. The Morgan fingerprint density at radius 3 is 2.72 bits per heavy atom. The van der Waals surface area contributed by atoms with Crippen LogP contribution in [0.1, 0.15) is 30.9 Å². The molecular weight excluding hydrogens is 266 g/mol. The largest absolute Gasteiger partial charge is 0.340 e. The molecule has 18 heavy (non-hydrogen) atoms. The van der Waals surface area contributed by atoms with Crippen molar-refractivity contribution in [1.29, 1.82) is 0 Å². The highest BCUT2D eigenvalue weighted by atomic mass is 35.5. The van der Waals surface area contributed by atoms with E-state index in [0.717, 1.165) is 11.7 Å². The van der Waals surface area contributed by atoms with Crippen LogP contribution >= 0.6 is 22.9 Å². The molecule has 0 saturated carbocycles. The number of hydrogen-bond acceptors (Lipinski definition) is 4.